The Balaban J connectivity index is 2.25. The predicted molar refractivity (Wildman–Crippen MR) is 73.4 cm³/mol. The Kier molecular flexibility index (Phi) is 3.70. The Hall–Kier alpha value is -2.50. The molecule has 2 aromatic rings. The average molecular weight is 260 g/mol. The molecule has 0 saturated heterocycles. The van der Waals surface area contributed by atoms with Crippen LogP contribution in [0.15, 0.2) is 30.6 Å². The van der Waals surface area contributed by atoms with Gasteiger partial charge in [0.15, 0.2) is 0 Å². The molecule has 0 unspecified atom stereocenters. The van der Waals surface area contributed by atoms with Gasteiger partial charge in [-0.25, -0.2) is 4.79 Å². The van der Waals surface area contributed by atoms with Crippen molar-refractivity contribution < 1.29 is 9.53 Å². The zero-order valence-corrected chi connectivity index (χ0v) is 10.9. The number of aryl methyl sites for hydroxylation is 1. The first kappa shape index (κ1) is 12.9. The van der Waals surface area contributed by atoms with Crippen molar-refractivity contribution in [3.63, 3.8) is 0 Å². The normalized spacial score (nSPS) is 10.2. The summed E-state index contributed by atoms with van der Waals surface area (Å²) in [4.78, 5) is 11.5. The smallest absolute Gasteiger partial charge is 0.337 e. The van der Waals surface area contributed by atoms with Gasteiger partial charge in [-0.2, -0.15) is 5.10 Å². The Morgan fingerprint density at radius 3 is 2.95 bits per heavy atom. The number of methoxy groups -OCH3 is 1. The third kappa shape index (κ3) is 2.85. The Morgan fingerprint density at radius 1 is 1.53 bits per heavy atom. The highest BCUT2D eigenvalue weighted by atomic mass is 16.5. The minimum absolute atomic E-state index is 0.396. The number of nitrogen functional groups attached to an aromatic ring is 1. The molecule has 6 nitrogen and oxygen atoms in total. The lowest BCUT2D eigenvalue weighted by Gasteiger charge is -2.09. The lowest BCUT2D eigenvalue weighted by Crippen LogP contribution is -2.03. The lowest BCUT2D eigenvalue weighted by molar-refractivity contribution is 0.0601. The fourth-order valence-electron chi connectivity index (χ4n) is 1.67. The number of esters is 1. The summed E-state index contributed by atoms with van der Waals surface area (Å²) in [7, 11) is 1.34. The van der Waals surface area contributed by atoms with E-state index in [2.05, 4.69) is 15.2 Å². The number of hydrogen-bond donors (Lipinski definition) is 2. The van der Waals surface area contributed by atoms with Crippen LogP contribution in [0.4, 0.5) is 17.1 Å². The van der Waals surface area contributed by atoms with Crippen LogP contribution in [0.2, 0.25) is 0 Å². The second kappa shape index (κ2) is 5.43. The molecule has 0 aliphatic heterocycles. The number of nitrogens with two attached hydrogens (primary N) is 1. The lowest BCUT2D eigenvalue weighted by atomic mass is 10.1. The Morgan fingerprint density at radius 2 is 2.32 bits per heavy atom. The van der Waals surface area contributed by atoms with E-state index in [0.29, 0.717) is 16.9 Å². The summed E-state index contributed by atoms with van der Waals surface area (Å²) in [6.45, 7) is 2.79. The molecule has 0 atom stereocenters. The summed E-state index contributed by atoms with van der Waals surface area (Å²) in [6, 6.07) is 4.95. The molecule has 0 spiro atoms. The first-order valence-corrected chi connectivity index (χ1v) is 5.91. The first-order chi connectivity index (χ1) is 9.13. The molecule has 0 radical (unpaired) electrons. The summed E-state index contributed by atoms with van der Waals surface area (Å²) in [6.07, 6.45) is 3.57. The van der Waals surface area contributed by atoms with E-state index in [0.717, 1.165) is 12.2 Å². The van der Waals surface area contributed by atoms with E-state index in [1.54, 1.807) is 29.1 Å². The van der Waals surface area contributed by atoms with Gasteiger partial charge < -0.3 is 15.8 Å². The van der Waals surface area contributed by atoms with E-state index in [1.165, 1.54) is 7.11 Å². The van der Waals surface area contributed by atoms with Crippen LogP contribution in [-0.4, -0.2) is 22.9 Å². The maximum absolute atomic E-state index is 11.5. The van der Waals surface area contributed by atoms with Crippen molar-refractivity contribution in [2.75, 3.05) is 18.2 Å². The predicted octanol–water partition coefficient (Wildman–Crippen LogP) is 2.02. The summed E-state index contributed by atoms with van der Waals surface area (Å²) in [5.41, 5.74) is 8.34. The molecule has 0 bridgehead atoms. The van der Waals surface area contributed by atoms with Crippen LogP contribution in [0.25, 0.3) is 0 Å². The number of nitrogens with zero attached hydrogens (tertiary/aromatic N) is 2. The van der Waals surface area contributed by atoms with Gasteiger partial charge in [0.2, 0.25) is 0 Å². The molecule has 1 aromatic carbocycles. The fourth-order valence-corrected chi connectivity index (χ4v) is 1.67. The zero-order chi connectivity index (χ0) is 13.8. The van der Waals surface area contributed by atoms with E-state index in [4.69, 9.17) is 5.73 Å². The Bertz CT molecular complexity index is 592. The summed E-state index contributed by atoms with van der Waals surface area (Å²) < 4.78 is 6.47. The minimum Gasteiger partial charge on any atom is -0.465 e. The molecule has 0 fully saturated rings. The topological polar surface area (TPSA) is 82.2 Å². The molecule has 0 aliphatic rings. The van der Waals surface area contributed by atoms with Gasteiger partial charge in [0, 0.05) is 12.7 Å². The molecular formula is C13H16N4O2. The minimum atomic E-state index is -0.396. The van der Waals surface area contributed by atoms with E-state index in [-0.39, 0.29) is 0 Å². The number of aromatic nitrogens is 2. The molecule has 0 aliphatic carbocycles. The second-order valence-corrected chi connectivity index (χ2v) is 4.00. The van der Waals surface area contributed by atoms with Crippen molar-refractivity contribution in [1.82, 2.24) is 9.78 Å². The van der Waals surface area contributed by atoms with E-state index >= 15 is 0 Å². The molecule has 0 saturated carbocycles. The van der Waals surface area contributed by atoms with Gasteiger partial charge in [0.25, 0.3) is 0 Å². The van der Waals surface area contributed by atoms with Gasteiger partial charge in [-0.05, 0) is 25.1 Å². The monoisotopic (exact) mass is 260 g/mol. The number of carbonyl (C=O) groups excluding carboxylic acids is 1. The highest BCUT2D eigenvalue weighted by molar-refractivity contribution is 5.92. The maximum Gasteiger partial charge on any atom is 0.337 e. The van der Waals surface area contributed by atoms with Crippen molar-refractivity contribution in [2.45, 2.75) is 13.5 Å². The number of ether oxygens (including phenoxy) is 1. The summed E-state index contributed by atoms with van der Waals surface area (Å²) in [5.74, 6) is -0.396. The van der Waals surface area contributed by atoms with Gasteiger partial charge in [0.05, 0.1) is 35.9 Å². The van der Waals surface area contributed by atoms with Gasteiger partial charge in [-0.3, -0.25) is 4.68 Å². The SMILES string of the molecule is CCn1cc(Nc2cc(C(=O)OC)ccc2N)cn1. The van der Waals surface area contributed by atoms with E-state index in [1.807, 2.05) is 13.1 Å². The van der Waals surface area contributed by atoms with Crippen LogP contribution in [0.3, 0.4) is 0 Å². The number of carbonyl (C=O) groups is 1. The van der Waals surface area contributed by atoms with Crippen molar-refractivity contribution in [3.05, 3.63) is 36.2 Å². The number of hydrogen-bond acceptors (Lipinski definition) is 5. The third-order valence-electron chi connectivity index (χ3n) is 2.71. The van der Waals surface area contributed by atoms with Crippen LogP contribution in [0, 0.1) is 0 Å². The summed E-state index contributed by atoms with van der Waals surface area (Å²) in [5, 5.41) is 7.29. The molecule has 1 heterocycles. The molecule has 100 valence electrons. The molecule has 2 rings (SSSR count). The van der Waals surface area contributed by atoms with Crippen LogP contribution in [0.5, 0.6) is 0 Å². The molecule has 1 aromatic heterocycles. The van der Waals surface area contributed by atoms with E-state index in [9.17, 15) is 4.79 Å². The van der Waals surface area contributed by atoms with Crippen LogP contribution < -0.4 is 11.1 Å². The molecule has 0 amide bonds. The largest absolute Gasteiger partial charge is 0.465 e. The standard InChI is InChI=1S/C13H16N4O2/c1-3-17-8-10(7-15-17)16-12-6-9(13(18)19-2)4-5-11(12)14/h4-8,16H,3,14H2,1-2H3. The van der Waals surface area contributed by atoms with Crippen LogP contribution in [0.1, 0.15) is 17.3 Å². The van der Waals surface area contributed by atoms with Gasteiger partial charge in [-0.15, -0.1) is 0 Å². The molecule has 6 heteroatoms. The van der Waals surface area contributed by atoms with Gasteiger partial charge in [-0.1, -0.05) is 0 Å². The fraction of sp³-hybridized carbons (Fsp3) is 0.231. The Labute approximate surface area is 111 Å². The van der Waals surface area contributed by atoms with Crippen molar-refractivity contribution in [2.24, 2.45) is 0 Å². The maximum atomic E-state index is 11.5. The molecule has 3 N–H and O–H groups in total. The second-order valence-electron chi connectivity index (χ2n) is 4.00. The molecule has 19 heavy (non-hydrogen) atoms. The number of benzene rings is 1. The van der Waals surface area contributed by atoms with Crippen LogP contribution >= 0.6 is 0 Å². The third-order valence-corrected chi connectivity index (χ3v) is 2.71. The van der Waals surface area contributed by atoms with Gasteiger partial charge >= 0.3 is 5.97 Å². The van der Waals surface area contributed by atoms with Gasteiger partial charge in [0.1, 0.15) is 0 Å². The highest BCUT2D eigenvalue weighted by Gasteiger charge is 2.09. The molecular weight excluding hydrogens is 244 g/mol. The zero-order valence-electron chi connectivity index (χ0n) is 10.9. The number of nitrogens with one attached hydrogen (secondary N) is 1. The quantitative estimate of drug-likeness (QED) is 0.649. The van der Waals surface area contributed by atoms with Crippen molar-refractivity contribution >= 4 is 23.0 Å². The number of rotatable bonds is 4. The summed E-state index contributed by atoms with van der Waals surface area (Å²) >= 11 is 0. The van der Waals surface area contributed by atoms with Crippen LogP contribution in [-0.2, 0) is 11.3 Å². The van der Waals surface area contributed by atoms with Crippen molar-refractivity contribution in [1.29, 1.82) is 0 Å². The van der Waals surface area contributed by atoms with E-state index < -0.39 is 5.97 Å². The first-order valence-electron chi connectivity index (χ1n) is 5.91. The number of anilines is 3. The average Bonchev–Trinajstić information content (AvgIpc) is 2.88. The van der Waals surface area contributed by atoms with Crippen molar-refractivity contribution in [3.8, 4) is 0 Å². The highest BCUT2D eigenvalue weighted by Crippen LogP contribution is 2.24.